The number of methoxy groups -OCH3 is 1. The highest BCUT2D eigenvalue weighted by Crippen LogP contribution is 2.31. The number of halogens is 1. The first-order valence-corrected chi connectivity index (χ1v) is 11.8. The molecule has 0 radical (unpaired) electrons. The molecule has 1 aromatic heterocycles. The van der Waals surface area contributed by atoms with Gasteiger partial charge in [0.05, 0.1) is 18.6 Å². The molecule has 1 aliphatic rings. The van der Waals surface area contributed by atoms with Crippen LogP contribution in [0.3, 0.4) is 0 Å². The van der Waals surface area contributed by atoms with E-state index in [0.717, 1.165) is 30.6 Å². The molecule has 1 fully saturated rings. The molecular weight excluding hydrogens is 427 g/mol. The van der Waals surface area contributed by atoms with Gasteiger partial charge in [0.1, 0.15) is 11.6 Å². The fraction of sp³-hybridized carbons (Fsp3) is 0.375. The largest absolute Gasteiger partial charge is 0.497 e. The average molecular weight is 455 g/mol. The van der Waals surface area contributed by atoms with Gasteiger partial charge in [-0.2, -0.15) is 0 Å². The second-order valence-corrected chi connectivity index (χ2v) is 8.98. The molecular formula is C24H27FN4O2S. The van der Waals surface area contributed by atoms with Gasteiger partial charge >= 0.3 is 0 Å². The summed E-state index contributed by atoms with van der Waals surface area (Å²) < 4.78 is 21.7. The number of thioether (sulfide) groups is 1. The summed E-state index contributed by atoms with van der Waals surface area (Å²) in [5, 5.41) is 9.13. The Hall–Kier alpha value is -2.87. The third kappa shape index (κ3) is 4.50. The van der Waals surface area contributed by atoms with Gasteiger partial charge in [-0.05, 0) is 69.5 Å². The van der Waals surface area contributed by atoms with Gasteiger partial charge in [-0.1, -0.05) is 23.9 Å². The molecule has 1 saturated heterocycles. The summed E-state index contributed by atoms with van der Waals surface area (Å²) >= 11 is 1.29. The van der Waals surface area contributed by atoms with E-state index in [-0.39, 0.29) is 29.6 Å². The molecule has 0 spiro atoms. The first-order chi connectivity index (χ1) is 15.5. The minimum Gasteiger partial charge on any atom is -0.497 e. The van der Waals surface area contributed by atoms with Gasteiger partial charge < -0.3 is 9.64 Å². The number of amides is 1. The van der Waals surface area contributed by atoms with Gasteiger partial charge in [0.15, 0.2) is 11.0 Å². The molecule has 168 valence electrons. The number of benzene rings is 2. The summed E-state index contributed by atoms with van der Waals surface area (Å²) in [5.74, 6) is 1.14. The Morgan fingerprint density at radius 3 is 2.44 bits per heavy atom. The molecule has 3 aromatic rings. The SMILES string of the molecule is COc1ccc(-c2nnc(SCC(=O)N3C(C)CCCC3C)n2-c2ccccc2F)cc1. The van der Waals surface area contributed by atoms with Crippen molar-refractivity contribution in [2.24, 2.45) is 0 Å². The van der Waals surface area contributed by atoms with Crippen LogP contribution in [0, 0.1) is 5.82 Å². The van der Waals surface area contributed by atoms with Crippen LogP contribution in [0.4, 0.5) is 4.39 Å². The van der Waals surface area contributed by atoms with Crippen molar-refractivity contribution in [2.75, 3.05) is 12.9 Å². The smallest absolute Gasteiger partial charge is 0.233 e. The quantitative estimate of drug-likeness (QED) is 0.493. The standard InChI is InChI=1S/C24H27FN4O2S/c1-16-7-6-8-17(2)28(16)22(30)15-32-24-27-26-23(18-11-13-19(31-3)14-12-18)29(24)21-10-5-4-9-20(21)25/h4-5,9-14,16-17H,6-8,15H2,1-3H3. The maximum absolute atomic E-state index is 14.8. The van der Waals surface area contributed by atoms with E-state index in [1.54, 1.807) is 29.9 Å². The number of aromatic nitrogens is 3. The number of nitrogens with zero attached hydrogens (tertiary/aromatic N) is 4. The topological polar surface area (TPSA) is 60.3 Å². The van der Waals surface area contributed by atoms with Crippen LogP contribution in [-0.2, 0) is 4.79 Å². The zero-order valence-electron chi connectivity index (χ0n) is 18.5. The summed E-state index contributed by atoms with van der Waals surface area (Å²) in [4.78, 5) is 15.0. The van der Waals surface area contributed by atoms with Crippen LogP contribution in [0.15, 0.2) is 53.7 Å². The summed E-state index contributed by atoms with van der Waals surface area (Å²) in [6.45, 7) is 4.20. The maximum atomic E-state index is 14.8. The van der Waals surface area contributed by atoms with Crippen LogP contribution < -0.4 is 4.74 Å². The normalized spacial score (nSPS) is 18.6. The van der Waals surface area contributed by atoms with E-state index < -0.39 is 0 Å². The van der Waals surface area contributed by atoms with Crippen molar-refractivity contribution in [1.82, 2.24) is 19.7 Å². The molecule has 0 saturated carbocycles. The van der Waals surface area contributed by atoms with Crippen LogP contribution in [0.25, 0.3) is 17.1 Å². The highest BCUT2D eigenvalue weighted by Gasteiger charge is 2.29. The van der Waals surface area contributed by atoms with Crippen LogP contribution in [0.5, 0.6) is 5.75 Å². The molecule has 0 bridgehead atoms. The molecule has 4 rings (SSSR count). The van der Waals surface area contributed by atoms with E-state index in [1.807, 2.05) is 29.2 Å². The number of carbonyl (C=O) groups excluding carboxylic acids is 1. The number of rotatable bonds is 6. The van der Waals surface area contributed by atoms with Crippen molar-refractivity contribution in [1.29, 1.82) is 0 Å². The van der Waals surface area contributed by atoms with Crippen molar-refractivity contribution < 1.29 is 13.9 Å². The molecule has 8 heteroatoms. The average Bonchev–Trinajstić information content (AvgIpc) is 3.21. The Morgan fingerprint density at radius 2 is 1.78 bits per heavy atom. The van der Waals surface area contributed by atoms with Crippen LogP contribution in [-0.4, -0.2) is 50.5 Å². The van der Waals surface area contributed by atoms with Gasteiger partial charge in [-0.3, -0.25) is 9.36 Å². The summed E-state index contributed by atoms with van der Waals surface area (Å²) in [7, 11) is 1.60. The second-order valence-electron chi connectivity index (χ2n) is 8.04. The van der Waals surface area contributed by atoms with Crippen LogP contribution >= 0.6 is 11.8 Å². The lowest BCUT2D eigenvalue weighted by Gasteiger charge is -2.39. The summed E-state index contributed by atoms with van der Waals surface area (Å²) in [6.07, 6.45) is 3.19. The molecule has 2 heterocycles. The zero-order chi connectivity index (χ0) is 22.7. The number of hydrogen-bond acceptors (Lipinski definition) is 5. The number of carbonyl (C=O) groups is 1. The van der Waals surface area contributed by atoms with Crippen LogP contribution in [0.2, 0.25) is 0 Å². The van der Waals surface area contributed by atoms with Gasteiger partial charge in [0.25, 0.3) is 0 Å². The van der Waals surface area contributed by atoms with E-state index in [0.29, 0.717) is 16.7 Å². The lowest BCUT2D eigenvalue weighted by molar-refractivity contribution is -0.134. The van der Waals surface area contributed by atoms with Crippen molar-refractivity contribution in [2.45, 2.75) is 50.4 Å². The second kappa shape index (κ2) is 9.73. The predicted molar refractivity (Wildman–Crippen MR) is 124 cm³/mol. The van der Waals surface area contributed by atoms with Crippen LogP contribution in [0.1, 0.15) is 33.1 Å². The molecule has 0 N–H and O–H groups in total. The van der Waals surface area contributed by atoms with Crippen molar-refractivity contribution >= 4 is 17.7 Å². The van der Waals surface area contributed by atoms with Gasteiger partial charge in [0.2, 0.25) is 5.91 Å². The van der Waals surface area contributed by atoms with E-state index >= 15 is 0 Å². The highest BCUT2D eigenvalue weighted by molar-refractivity contribution is 7.99. The number of ether oxygens (including phenoxy) is 1. The zero-order valence-corrected chi connectivity index (χ0v) is 19.3. The minimum atomic E-state index is -0.381. The third-order valence-corrected chi connectivity index (χ3v) is 6.79. The van der Waals surface area contributed by atoms with E-state index in [1.165, 1.54) is 17.8 Å². The lowest BCUT2D eigenvalue weighted by Crippen LogP contribution is -2.48. The molecule has 0 aliphatic carbocycles. The molecule has 32 heavy (non-hydrogen) atoms. The molecule has 2 atom stereocenters. The Bertz CT molecular complexity index is 1080. The molecule has 1 amide bonds. The minimum absolute atomic E-state index is 0.0729. The molecule has 2 aromatic carbocycles. The number of likely N-dealkylation sites (tertiary alicyclic amines) is 1. The number of hydrogen-bond donors (Lipinski definition) is 0. The third-order valence-electron chi connectivity index (χ3n) is 5.88. The van der Waals surface area contributed by atoms with E-state index in [4.69, 9.17) is 4.74 Å². The van der Waals surface area contributed by atoms with Gasteiger partial charge in [-0.15, -0.1) is 10.2 Å². The lowest BCUT2D eigenvalue weighted by atomic mass is 9.98. The fourth-order valence-corrected chi connectivity index (χ4v) is 5.07. The number of piperidine rings is 1. The Morgan fingerprint density at radius 1 is 1.09 bits per heavy atom. The highest BCUT2D eigenvalue weighted by atomic mass is 32.2. The first-order valence-electron chi connectivity index (χ1n) is 10.8. The van der Waals surface area contributed by atoms with Gasteiger partial charge in [-0.25, -0.2) is 4.39 Å². The fourth-order valence-electron chi connectivity index (χ4n) is 4.25. The summed E-state index contributed by atoms with van der Waals surface area (Å²) in [5.41, 5.74) is 1.12. The molecule has 1 aliphatic heterocycles. The Labute approximate surface area is 191 Å². The first kappa shape index (κ1) is 22.3. The monoisotopic (exact) mass is 454 g/mol. The Balaban J connectivity index is 1.65. The van der Waals surface area contributed by atoms with Gasteiger partial charge in [0, 0.05) is 17.6 Å². The van der Waals surface area contributed by atoms with Crippen molar-refractivity contribution in [3.63, 3.8) is 0 Å². The van der Waals surface area contributed by atoms with Crippen molar-refractivity contribution in [3.8, 4) is 22.8 Å². The molecule has 6 nitrogen and oxygen atoms in total. The maximum Gasteiger partial charge on any atom is 0.233 e. The Kier molecular flexibility index (Phi) is 6.79. The van der Waals surface area contributed by atoms with Crippen molar-refractivity contribution in [3.05, 3.63) is 54.3 Å². The molecule has 2 unspecified atom stereocenters. The summed E-state index contributed by atoms with van der Waals surface area (Å²) in [6, 6.07) is 14.3. The van der Waals surface area contributed by atoms with E-state index in [9.17, 15) is 9.18 Å². The predicted octanol–water partition coefficient (Wildman–Crippen LogP) is 4.96. The number of para-hydroxylation sites is 1. The van der Waals surface area contributed by atoms with E-state index in [2.05, 4.69) is 24.0 Å².